The molecule has 2 N–H and O–H groups in total. The summed E-state index contributed by atoms with van der Waals surface area (Å²) in [5.74, 6) is -0.627. The Morgan fingerprint density at radius 2 is 1.95 bits per heavy atom. The third-order valence-corrected chi connectivity index (χ3v) is 2.48. The molecule has 21 heavy (non-hydrogen) atoms. The van der Waals surface area contributed by atoms with Gasteiger partial charge >= 0.3 is 6.18 Å². The van der Waals surface area contributed by atoms with Gasteiger partial charge in [0.25, 0.3) is 0 Å². The van der Waals surface area contributed by atoms with Gasteiger partial charge in [-0.1, -0.05) is 0 Å². The van der Waals surface area contributed by atoms with Crippen LogP contribution in [0.15, 0.2) is 24.3 Å². The Hall–Kier alpha value is -2.11. The summed E-state index contributed by atoms with van der Waals surface area (Å²) in [6.07, 6.45) is -4.44. The molecule has 1 aromatic carbocycles. The summed E-state index contributed by atoms with van der Waals surface area (Å²) in [5, 5.41) is 19.8. The first-order valence-corrected chi connectivity index (χ1v) is 6.04. The lowest BCUT2D eigenvalue weighted by atomic mass is 10.2. The molecule has 0 atom stereocenters. The molecule has 114 valence electrons. The summed E-state index contributed by atoms with van der Waals surface area (Å²) in [6.45, 7) is -2.48. The maximum atomic E-state index is 12.3. The lowest BCUT2D eigenvalue weighted by Crippen LogP contribution is -2.41. The van der Waals surface area contributed by atoms with Crippen molar-refractivity contribution in [2.75, 3.05) is 31.6 Å². The maximum Gasteiger partial charge on any atom is 0.401 e. The Bertz CT molecular complexity index is 509. The normalized spacial score (nSPS) is 11.2. The van der Waals surface area contributed by atoms with Gasteiger partial charge < -0.3 is 10.4 Å². The monoisotopic (exact) mass is 301 g/mol. The van der Waals surface area contributed by atoms with Gasteiger partial charge in [0, 0.05) is 12.2 Å². The summed E-state index contributed by atoms with van der Waals surface area (Å²) in [6, 6.07) is 7.84. The van der Waals surface area contributed by atoms with Crippen molar-refractivity contribution in [3.63, 3.8) is 0 Å². The molecule has 0 saturated carbocycles. The zero-order chi connectivity index (χ0) is 15.9. The molecule has 8 heteroatoms. The van der Waals surface area contributed by atoms with E-state index in [1.54, 1.807) is 0 Å². The first kappa shape index (κ1) is 16.9. The molecule has 0 unspecified atom stereocenters. The molecule has 1 amide bonds. The molecule has 0 aliphatic carbocycles. The topological polar surface area (TPSA) is 76.4 Å². The average molecular weight is 301 g/mol. The van der Waals surface area contributed by atoms with E-state index in [-0.39, 0.29) is 6.54 Å². The van der Waals surface area contributed by atoms with E-state index in [4.69, 9.17) is 10.4 Å². The summed E-state index contributed by atoms with van der Waals surface area (Å²) < 4.78 is 36.9. The number of benzene rings is 1. The standard InChI is InChI=1S/C13H14F3N3O2/c14-13(15,16)9-19(5-6-20)8-12(21)18-11-3-1-10(7-17)2-4-11/h1-4,20H,5-6,8-9H2,(H,18,21). The van der Waals surface area contributed by atoms with Crippen molar-refractivity contribution >= 4 is 11.6 Å². The Morgan fingerprint density at radius 3 is 2.43 bits per heavy atom. The number of anilines is 1. The van der Waals surface area contributed by atoms with Crippen molar-refractivity contribution in [2.45, 2.75) is 6.18 Å². The molecule has 1 rings (SSSR count). The van der Waals surface area contributed by atoms with Gasteiger partial charge in [-0.3, -0.25) is 9.69 Å². The minimum atomic E-state index is -4.44. The van der Waals surface area contributed by atoms with E-state index in [2.05, 4.69) is 5.32 Å². The van der Waals surface area contributed by atoms with Crippen LogP contribution in [0.25, 0.3) is 0 Å². The van der Waals surface area contributed by atoms with Crippen LogP contribution in [-0.4, -0.2) is 48.3 Å². The molecule has 0 heterocycles. The number of amides is 1. The smallest absolute Gasteiger partial charge is 0.395 e. The summed E-state index contributed by atoms with van der Waals surface area (Å²) >= 11 is 0. The third kappa shape index (κ3) is 6.74. The van der Waals surface area contributed by atoms with Crippen LogP contribution in [0.1, 0.15) is 5.56 Å². The minimum Gasteiger partial charge on any atom is -0.395 e. The number of hydrogen-bond acceptors (Lipinski definition) is 4. The minimum absolute atomic E-state index is 0.250. The van der Waals surface area contributed by atoms with E-state index >= 15 is 0 Å². The zero-order valence-electron chi connectivity index (χ0n) is 11.0. The number of carbonyl (C=O) groups excluding carboxylic acids is 1. The highest BCUT2D eigenvalue weighted by atomic mass is 19.4. The number of halogens is 3. The van der Waals surface area contributed by atoms with Crippen molar-refractivity contribution < 1.29 is 23.1 Å². The van der Waals surface area contributed by atoms with Gasteiger partial charge in [0.15, 0.2) is 0 Å². The Balaban J connectivity index is 2.58. The third-order valence-electron chi connectivity index (χ3n) is 2.48. The van der Waals surface area contributed by atoms with Crippen LogP contribution in [-0.2, 0) is 4.79 Å². The van der Waals surface area contributed by atoms with E-state index in [0.717, 1.165) is 4.90 Å². The molecule has 1 aromatic rings. The fraction of sp³-hybridized carbons (Fsp3) is 0.385. The fourth-order valence-corrected chi connectivity index (χ4v) is 1.64. The zero-order valence-corrected chi connectivity index (χ0v) is 11.0. The first-order chi connectivity index (χ1) is 9.84. The lowest BCUT2D eigenvalue weighted by molar-refractivity contribution is -0.148. The number of rotatable bonds is 6. The van der Waals surface area contributed by atoms with Crippen LogP contribution in [0.4, 0.5) is 18.9 Å². The Kier molecular flexibility index (Phi) is 6.14. The van der Waals surface area contributed by atoms with Crippen LogP contribution in [0.5, 0.6) is 0 Å². The molecule has 0 saturated heterocycles. The number of hydrogen-bond donors (Lipinski definition) is 2. The van der Waals surface area contributed by atoms with Gasteiger partial charge in [0.2, 0.25) is 5.91 Å². The molecule has 0 aromatic heterocycles. The predicted molar refractivity (Wildman–Crippen MR) is 69.4 cm³/mol. The molecule has 0 fully saturated rings. The number of carbonyl (C=O) groups is 1. The lowest BCUT2D eigenvalue weighted by Gasteiger charge is -2.22. The van der Waals surface area contributed by atoms with Gasteiger partial charge in [-0.15, -0.1) is 0 Å². The van der Waals surface area contributed by atoms with Crippen molar-refractivity contribution in [1.82, 2.24) is 4.90 Å². The second-order valence-electron chi connectivity index (χ2n) is 4.29. The number of nitrogens with one attached hydrogen (secondary N) is 1. The van der Waals surface area contributed by atoms with Crippen LogP contribution < -0.4 is 5.32 Å². The molecule has 0 aliphatic heterocycles. The van der Waals surface area contributed by atoms with Crippen LogP contribution in [0.3, 0.4) is 0 Å². The highest BCUT2D eigenvalue weighted by Gasteiger charge is 2.31. The number of nitrogens with zero attached hydrogens (tertiary/aromatic N) is 2. The summed E-state index contributed by atoms with van der Waals surface area (Å²) in [7, 11) is 0. The predicted octanol–water partition coefficient (Wildman–Crippen LogP) is 1.35. The molecule has 0 bridgehead atoms. The molecular formula is C13H14F3N3O2. The van der Waals surface area contributed by atoms with Crippen LogP contribution in [0, 0.1) is 11.3 Å². The Labute approximate surface area is 119 Å². The molecule has 5 nitrogen and oxygen atoms in total. The fourth-order valence-electron chi connectivity index (χ4n) is 1.64. The second kappa shape index (κ2) is 7.61. The molecule has 0 radical (unpaired) electrons. The first-order valence-electron chi connectivity index (χ1n) is 6.04. The number of nitriles is 1. The highest BCUT2D eigenvalue weighted by Crippen LogP contribution is 2.16. The summed E-state index contributed by atoms with van der Waals surface area (Å²) in [4.78, 5) is 12.5. The number of aliphatic hydroxyl groups excluding tert-OH is 1. The van der Waals surface area contributed by atoms with Crippen LogP contribution >= 0.6 is 0 Å². The quantitative estimate of drug-likeness (QED) is 0.831. The highest BCUT2D eigenvalue weighted by molar-refractivity contribution is 5.92. The maximum absolute atomic E-state index is 12.3. The van der Waals surface area contributed by atoms with E-state index in [1.807, 2.05) is 6.07 Å². The van der Waals surface area contributed by atoms with Gasteiger partial charge in [0.05, 0.1) is 31.3 Å². The number of alkyl halides is 3. The van der Waals surface area contributed by atoms with E-state index in [9.17, 15) is 18.0 Å². The van der Waals surface area contributed by atoms with Crippen molar-refractivity contribution in [3.8, 4) is 6.07 Å². The van der Waals surface area contributed by atoms with E-state index in [0.29, 0.717) is 11.3 Å². The molecule has 0 aliphatic rings. The van der Waals surface area contributed by atoms with Crippen molar-refractivity contribution in [1.29, 1.82) is 5.26 Å². The van der Waals surface area contributed by atoms with Crippen LogP contribution in [0.2, 0.25) is 0 Å². The Morgan fingerprint density at radius 1 is 1.33 bits per heavy atom. The van der Waals surface area contributed by atoms with Crippen molar-refractivity contribution in [3.05, 3.63) is 29.8 Å². The largest absolute Gasteiger partial charge is 0.401 e. The van der Waals surface area contributed by atoms with Gasteiger partial charge in [-0.05, 0) is 24.3 Å². The van der Waals surface area contributed by atoms with Gasteiger partial charge in [0.1, 0.15) is 0 Å². The SMILES string of the molecule is N#Cc1ccc(NC(=O)CN(CCO)CC(F)(F)F)cc1. The van der Waals surface area contributed by atoms with Gasteiger partial charge in [-0.2, -0.15) is 18.4 Å². The molecule has 0 spiro atoms. The van der Waals surface area contributed by atoms with E-state index < -0.39 is 31.8 Å². The van der Waals surface area contributed by atoms with Gasteiger partial charge in [-0.25, -0.2) is 0 Å². The summed E-state index contributed by atoms with van der Waals surface area (Å²) in [5.41, 5.74) is 0.793. The average Bonchev–Trinajstić information content (AvgIpc) is 2.37. The number of aliphatic hydroxyl groups is 1. The second-order valence-corrected chi connectivity index (χ2v) is 4.29. The molecular weight excluding hydrogens is 287 g/mol. The van der Waals surface area contributed by atoms with Crippen molar-refractivity contribution in [2.24, 2.45) is 0 Å². The van der Waals surface area contributed by atoms with E-state index in [1.165, 1.54) is 24.3 Å².